The highest BCUT2D eigenvalue weighted by Gasteiger charge is 2.21. The molecule has 3 aromatic heterocycles. The Morgan fingerprint density at radius 3 is 1.33 bits per heavy atom. The molecule has 0 radical (unpaired) electrons. The van der Waals surface area contributed by atoms with Crippen LogP contribution in [-0.4, -0.2) is 0 Å². The normalized spacial score (nSPS) is 12.2. The van der Waals surface area contributed by atoms with Crippen LogP contribution in [0.3, 0.4) is 0 Å². The number of benzene rings is 10. The molecule has 0 aliphatic rings. The summed E-state index contributed by atoms with van der Waals surface area (Å²) < 4.78 is 19.2. The summed E-state index contributed by atoms with van der Waals surface area (Å²) in [6.07, 6.45) is 0. The molecule has 0 aliphatic carbocycles. The average Bonchev–Trinajstić information content (AvgIpc) is 3.96. The van der Waals surface area contributed by atoms with E-state index in [1.165, 1.54) is 54.6 Å². The minimum Gasteiger partial charge on any atom is -0.456 e. The maximum Gasteiger partial charge on any atom is 0.136 e. The van der Waals surface area contributed by atoms with Gasteiger partial charge >= 0.3 is 0 Å². The van der Waals surface area contributed by atoms with E-state index in [0.717, 1.165) is 76.9 Å². The topological polar surface area (TPSA) is 39.4 Å². The minimum absolute atomic E-state index is 0.863. The number of rotatable bonds is 3. The van der Waals surface area contributed by atoms with Gasteiger partial charge in [-0.2, -0.15) is 0 Å². The Morgan fingerprint density at radius 2 is 0.649 bits per heavy atom. The lowest BCUT2D eigenvalue weighted by molar-refractivity contribution is 0.663. The van der Waals surface area contributed by atoms with Crippen LogP contribution in [0.25, 0.3) is 132 Å². The van der Waals surface area contributed by atoms with E-state index in [1.54, 1.807) is 0 Å². The zero-order valence-electron chi connectivity index (χ0n) is 30.5. The molecule has 0 atom stereocenters. The van der Waals surface area contributed by atoms with Gasteiger partial charge < -0.3 is 13.3 Å². The smallest absolute Gasteiger partial charge is 0.136 e. The van der Waals surface area contributed by atoms with E-state index in [-0.39, 0.29) is 0 Å². The van der Waals surface area contributed by atoms with E-state index in [2.05, 4.69) is 146 Å². The van der Waals surface area contributed by atoms with Crippen LogP contribution in [0.2, 0.25) is 0 Å². The minimum atomic E-state index is 0.863. The lowest BCUT2D eigenvalue weighted by Crippen LogP contribution is -1.91. The Kier molecular flexibility index (Phi) is 6.16. The molecule has 13 rings (SSSR count). The molecule has 0 bridgehead atoms. The number of para-hydroxylation sites is 2. The predicted molar refractivity (Wildman–Crippen MR) is 237 cm³/mol. The van der Waals surface area contributed by atoms with Crippen molar-refractivity contribution in [3.05, 3.63) is 182 Å². The van der Waals surface area contributed by atoms with Crippen molar-refractivity contribution in [2.75, 3.05) is 0 Å². The fourth-order valence-corrected chi connectivity index (χ4v) is 9.62. The van der Waals surface area contributed by atoms with Gasteiger partial charge in [-0.3, -0.25) is 0 Å². The summed E-state index contributed by atoms with van der Waals surface area (Å²) in [5, 5.41) is 14.0. The molecular formula is C54H30O3. The fourth-order valence-electron chi connectivity index (χ4n) is 9.62. The quantitative estimate of drug-likeness (QED) is 0.170. The van der Waals surface area contributed by atoms with Crippen LogP contribution in [0.5, 0.6) is 0 Å². The van der Waals surface area contributed by atoms with Gasteiger partial charge in [-0.1, -0.05) is 140 Å². The first-order valence-corrected chi connectivity index (χ1v) is 19.4. The Morgan fingerprint density at radius 1 is 0.228 bits per heavy atom. The molecular weight excluding hydrogens is 697 g/mol. The highest BCUT2D eigenvalue weighted by atomic mass is 16.3. The van der Waals surface area contributed by atoms with Crippen LogP contribution in [0.4, 0.5) is 0 Å². The zero-order valence-corrected chi connectivity index (χ0v) is 30.5. The van der Waals surface area contributed by atoms with Gasteiger partial charge in [0.1, 0.15) is 33.5 Å². The van der Waals surface area contributed by atoms with E-state index in [4.69, 9.17) is 13.3 Å². The van der Waals surface area contributed by atoms with E-state index in [1.807, 2.05) is 36.4 Å². The van der Waals surface area contributed by atoms with Crippen molar-refractivity contribution in [3.8, 4) is 33.4 Å². The summed E-state index contributed by atoms with van der Waals surface area (Å²) in [6, 6.07) is 64.9. The van der Waals surface area contributed by atoms with Crippen LogP contribution in [-0.2, 0) is 0 Å². The molecule has 10 aromatic carbocycles. The van der Waals surface area contributed by atoms with Crippen LogP contribution in [0.1, 0.15) is 0 Å². The Hall–Kier alpha value is -7.62. The second-order valence-corrected chi connectivity index (χ2v) is 15.1. The second kappa shape index (κ2) is 11.5. The largest absolute Gasteiger partial charge is 0.456 e. The number of fused-ring (bicyclic) bond motifs is 14. The molecule has 0 N–H and O–H groups in total. The van der Waals surface area contributed by atoms with Crippen molar-refractivity contribution in [1.29, 1.82) is 0 Å². The molecule has 3 heterocycles. The van der Waals surface area contributed by atoms with Crippen molar-refractivity contribution in [2.24, 2.45) is 0 Å². The van der Waals surface area contributed by atoms with Gasteiger partial charge in [-0.25, -0.2) is 0 Å². The highest BCUT2D eigenvalue weighted by molar-refractivity contribution is 6.32. The Labute approximate surface area is 325 Å². The summed E-state index contributed by atoms with van der Waals surface area (Å²) in [5.74, 6) is 0. The van der Waals surface area contributed by atoms with Crippen molar-refractivity contribution in [2.45, 2.75) is 0 Å². The summed E-state index contributed by atoms with van der Waals surface area (Å²) in [6.45, 7) is 0. The van der Waals surface area contributed by atoms with Gasteiger partial charge in [0.15, 0.2) is 0 Å². The van der Waals surface area contributed by atoms with Crippen LogP contribution < -0.4 is 0 Å². The molecule has 3 nitrogen and oxygen atoms in total. The second-order valence-electron chi connectivity index (χ2n) is 15.1. The van der Waals surface area contributed by atoms with Crippen LogP contribution >= 0.6 is 0 Å². The number of hydrogen-bond donors (Lipinski definition) is 0. The summed E-state index contributed by atoms with van der Waals surface area (Å²) in [4.78, 5) is 0. The maximum atomic E-state index is 6.68. The molecule has 0 spiro atoms. The van der Waals surface area contributed by atoms with Gasteiger partial charge in [0.25, 0.3) is 0 Å². The molecule has 0 fully saturated rings. The van der Waals surface area contributed by atoms with Crippen LogP contribution in [0, 0.1) is 0 Å². The SMILES string of the molecule is c1ccc2c(c1)oc1ccc(-c3c4ccccc4c(-c4ccc(-c5cc6oc7ccc8oc9ccccc9c8c7c6c6ccccc56)cc4)c4ccccc34)cc12. The summed E-state index contributed by atoms with van der Waals surface area (Å²) >= 11 is 0. The lowest BCUT2D eigenvalue weighted by Gasteiger charge is -2.18. The highest BCUT2D eigenvalue weighted by Crippen LogP contribution is 2.47. The van der Waals surface area contributed by atoms with E-state index in [0.29, 0.717) is 0 Å². The number of furan rings is 3. The Bertz CT molecular complexity index is 3740. The molecule has 13 aromatic rings. The van der Waals surface area contributed by atoms with Crippen LogP contribution in [0.15, 0.2) is 195 Å². The summed E-state index contributed by atoms with van der Waals surface area (Å²) in [7, 11) is 0. The first-order valence-electron chi connectivity index (χ1n) is 19.4. The molecule has 57 heavy (non-hydrogen) atoms. The first kappa shape index (κ1) is 30.7. The predicted octanol–water partition coefficient (Wildman–Crippen LogP) is 15.8. The standard InChI is InChI=1S/C54H30O3/c1-2-13-36-34(11-1)42(30-49-52(36)54-48(57-49)28-27-47-53(54)41-18-8-10-20-45(41)56-47)31-21-23-32(24-22-31)50-37-14-3-5-16-39(37)51(40-17-6-4-15-38(40)50)33-25-26-46-43(29-33)35-12-7-9-19-44(35)55-46/h1-30H. The number of hydrogen-bond acceptors (Lipinski definition) is 3. The van der Waals surface area contributed by atoms with Crippen molar-refractivity contribution in [3.63, 3.8) is 0 Å². The van der Waals surface area contributed by atoms with Gasteiger partial charge in [0, 0.05) is 32.3 Å². The van der Waals surface area contributed by atoms with E-state index >= 15 is 0 Å². The van der Waals surface area contributed by atoms with Crippen molar-refractivity contribution < 1.29 is 13.3 Å². The van der Waals surface area contributed by atoms with Crippen molar-refractivity contribution in [1.82, 2.24) is 0 Å². The van der Waals surface area contributed by atoms with E-state index in [9.17, 15) is 0 Å². The molecule has 0 amide bonds. The van der Waals surface area contributed by atoms with Gasteiger partial charge in [0.05, 0.1) is 0 Å². The Balaban J connectivity index is 1.00. The fraction of sp³-hybridized carbons (Fsp3) is 0. The maximum absolute atomic E-state index is 6.68. The van der Waals surface area contributed by atoms with Gasteiger partial charge in [0.2, 0.25) is 0 Å². The molecule has 0 aliphatic heterocycles. The first-order chi connectivity index (χ1) is 28.3. The molecule has 0 saturated heterocycles. The summed E-state index contributed by atoms with van der Waals surface area (Å²) in [5.41, 5.74) is 12.4. The zero-order chi connectivity index (χ0) is 37.2. The average molecular weight is 727 g/mol. The van der Waals surface area contributed by atoms with Gasteiger partial charge in [-0.05, 0) is 108 Å². The molecule has 0 unspecified atom stereocenters. The molecule has 3 heteroatoms. The monoisotopic (exact) mass is 726 g/mol. The van der Waals surface area contributed by atoms with Gasteiger partial charge in [-0.15, -0.1) is 0 Å². The third-order valence-electron chi connectivity index (χ3n) is 12.1. The molecule has 264 valence electrons. The lowest BCUT2D eigenvalue weighted by atomic mass is 9.85. The third kappa shape index (κ3) is 4.31. The van der Waals surface area contributed by atoms with E-state index < -0.39 is 0 Å². The molecule has 0 saturated carbocycles. The van der Waals surface area contributed by atoms with Crippen molar-refractivity contribution >= 4 is 98.1 Å². The third-order valence-corrected chi connectivity index (χ3v) is 12.1.